The lowest BCUT2D eigenvalue weighted by Gasteiger charge is -2.24. The molecule has 0 aliphatic carbocycles. The van der Waals surface area contributed by atoms with Crippen LogP contribution in [0.25, 0.3) is 21.9 Å². The van der Waals surface area contributed by atoms with E-state index < -0.39 is 17.4 Å². The Kier molecular flexibility index (Phi) is 7.68. The molecule has 1 aromatic heterocycles. The fraction of sp³-hybridized carbons (Fsp3) is 0.171. The third kappa shape index (κ3) is 5.67. The highest BCUT2D eigenvalue weighted by Crippen LogP contribution is 2.30. The van der Waals surface area contributed by atoms with Crippen molar-refractivity contribution in [1.82, 2.24) is 4.90 Å². The number of carbonyl (C=O) groups is 3. The quantitative estimate of drug-likeness (QED) is 0.195. The number of aliphatic carboxylic acids is 1. The van der Waals surface area contributed by atoms with E-state index in [1.54, 1.807) is 24.8 Å². The largest absolute Gasteiger partial charge is 0.481 e. The number of carbonyl (C=O) groups excluding carboxylic acids is 1. The lowest BCUT2D eigenvalue weighted by molar-refractivity contribution is -0.142. The van der Waals surface area contributed by atoms with E-state index >= 15 is 0 Å². The molecule has 2 N–H and O–H groups in total. The molecule has 0 aliphatic rings. The van der Waals surface area contributed by atoms with Crippen molar-refractivity contribution in [3.05, 3.63) is 131 Å². The van der Waals surface area contributed by atoms with Gasteiger partial charge in [0.15, 0.2) is 0 Å². The van der Waals surface area contributed by atoms with Crippen molar-refractivity contribution < 1.29 is 29.0 Å². The number of hydrogen-bond donors (Lipinski definition) is 2. The van der Waals surface area contributed by atoms with Gasteiger partial charge in [0.25, 0.3) is 5.91 Å². The molecule has 5 rings (SSSR count). The molecule has 0 fully saturated rings. The van der Waals surface area contributed by atoms with Crippen molar-refractivity contribution in [1.29, 1.82) is 0 Å². The molecule has 0 unspecified atom stereocenters. The Balaban J connectivity index is 1.47. The maximum Gasteiger partial charge on any atom is 0.371 e. The topological polar surface area (TPSA) is 108 Å². The summed E-state index contributed by atoms with van der Waals surface area (Å²) in [6, 6.07) is 29.9. The van der Waals surface area contributed by atoms with E-state index in [1.165, 1.54) is 6.07 Å². The standard InChI is InChI=1S/C35H31NO6/c1-22-11-14-25-7-4-5-10-29(25)31(22)32(37)36(21-28-17-18-30(42-28)33(38)39)20-23-12-15-24(16-13-23)26-8-6-9-27(19-26)35(2,3)34(40)41/h4-19H,20-21H2,1-3H3,(H,38,39)(H,40,41). The van der Waals surface area contributed by atoms with Crippen LogP contribution in [0.15, 0.2) is 101 Å². The molecule has 0 saturated carbocycles. The smallest absolute Gasteiger partial charge is 0.371 e. The van der Waals surface area contributed by atoms with Gasteiger partial charge in [-0.15, -0.1) is 0 Å². The lowest BCUT2D eigenvalue weighted by atomic mass is 9.83. The highest BCUT2D eigenvalue weighted by molar-refractivity contribution is 6.08. The summed E-state index contributed by atoms with van der Waals surface area (Å²) in [7, 11) is 0. The molecule has 0 spiro atoms. The molecule has 5 aromatic rings. The molecule has 0 aliphatic heterocycles. The van der Waals surface area contributed by atoms with Gasteiger partial charge in [0, 0.05) is 6.54 Å². The number of fused-ring (bicyclic) bond motifs is 1. The summed E-state index contributed by atoms with van der Waals surface area (Å²) >= 11 is 0. The van der Waals surface area contributed by atoms with Gasteiger partial charge in [-0.3, -0.25) is 9.59 Å². The van der Waals surface area contributed by atoms with Gasteiger partial charge in [-0.25, -0.2) is 4.79 Å². The number of rotatable bonds is 9. The number of aryl methyl sites for hydroxylation is 1. The normalized spacial score (nSPS) is 11.4. The van der Waals surface area contributed by atoms with Crippen molar-refractivity contribution in [2.45, 2.75) is 39.3 Å². The maximum absolute atomic E-state index is 14.1. The summed E-state index contributed by atoms with van der Waals surface area (Å²) in [5.74, 6) is -2.07. The number of furan rings is 1. The summed E-state index contributed by atoms with van der Waals surface area (Å²) < 4.78 is 5.51. The summed E-state index contributed by atoms with van der Waals surface area (Å²) in [6.45, 7) is 5.61. The Hall–Kier alpha value is -5.17. The molecule has 42 heavy (non-hydrogen) atoms. The minimum Gasteiger partial charge on any atom is -0.481 e. The molecule has 0 bridgehead atoms. The first-order valence-electron chi connectivity index (χ1n) is 13.6. The van der Waals surface area contributed by atoms with E-state index in [1.807, 2.05) is 91.9 Å². The molecule has 212 valence electrons. The highest BCUT2D eigenvalue weighted by atomic mass is 16.4. The van der Waals surface area contributed by atoms with Crippen LogP contribution in [0.4, 0.5) is 0 Å². The monoisotopic (exact) mass is 561 g/mol. The van der Waals surface area contributed by atoms with Gasteiger partial charge in [-0.05, 0) is 71.5 Å². The van der Waals surface area contributed by atoms with Crippen LogP contribution in [0.1, 0.15) is 57.2 Å². The van der Waals surface area contributed by atoms with Gasteiger partial charge in [0.1, 0.15) is 5.76 Å². The zero-order chi connectivity index (χ0) is 30.0. The average molecular weight is 562 g/mol. The Morgan fingerprint density at radius 3 is 2.21 bits per heavy atom. The van der Waals surface area contributed by atoms with Gasteiger partial charge in [-0.2, -0.15) is 0 Å². The number of benzene rings is 4. The second-order valence-corrected chi connectivity index (χ2v) is 10.9. The zero-order valence-corrected chi connectivity index (χ0v) is 23.6. The molecule has 7 heteroatoms. The Bertz CT molecular complexity index is 1800. The fourth-order valence-corrected chi connectivity index (χ4v) is 5.02. The minimum absolute atomic E-state index is 0.0862. The molecule has 7 nitrogen and oxygen atoms in total. The maximum atomic E-state index is 14.1. The van der Waals surface area contributed by atoms with Gasteiger partial charge in [-0.1, -0.05) is 84.9 Å². The third-order valence-electron chi connectivity index (χ3n) is 7.64. The zero-order valence-electron chi connectivity index (χ0n) is 23.6. The van der Waals surface area contributed by atoms with Crippen molar-refractivity contribution in [2.24, 2.45) is 0 Å². The van der Waals surface area contributed by atoms with Gasteiger partial charge in [0.2, 0.25) is 5.76 Å². The molecule has 1 amide bonds. The Labute approximate surface area is 243 Å². The van der Waals surface area contributed by atoms with Crippen LogP contribution in [0.2, 0.25) is 0 Å². The number of nitrogens with zero attached hydrogens (tertiary/aromatic N) is 1. The lowest BCUT2D eigenvalue weighted by Crippen LogP contribution is -2.30. The molecule has 1 heterocycles. The van der Waals surface area contributed by atoms with Crippen molar-refractivity contribution >= 4 is 28.6 Å². The van der Waals surface area contributed by atoms with E-state index in [2.05, 4.69) is 0 Å². The van der Waals surface area contributed by atoms with Crippen LogP contribution >= 0.6 is 0 Å². The average Bonchev–Trinajstić information content (AvgIpc) is 3.46. The number of carboxylic acids is 2. The number of carboxylic acid groups (broad SMARTS) is 2. The summed E-state index contributed by atoms with van der Waals surface area (Å²) in [6.07, 6.45) is 0. The van der Waals surface area contributed by atoms with Crippen LogP contribution in [-0.2, 0) is 23.3 Å². The molecule has 4 aromatic carbocycles. The second kappa shape index (κ2) is 11.4. The van der Waals surface area contributed by atoms with E-state index in [-0.39, 0.29) is 24.8 Å². The first-order valence-corrected chi connectivity index (χ1v) is 13.6. The number of aromatic carboxylic acids is 1. The number of amides is 1. The van der Waals surface area contributed by atoms with Gasteiger partial charge < -0.3 is 19.5 Å². The van der Waals surface area contributed by atoms with Crippen molar-refractivity contribution in [3.8, 4) is 11.1 Å². The van der Waals surface area contributed by atoms with Crippen LogP contribution in [0.5, 0.6) is 0 Å². The summed E-state index contributed by atoms with van der Waals surface area (Å²) in [4.78, 5) is 38.9. The van der Waals surface area contributed by atoms with Crippen LogP contribution in [0, 0.1) is 6.92 Å². The SMILES string of the molecule is Cc1ccc2ccccc2c1C(=O)N(Cc1ccc(-c2cccc(C(C)(C)C(=O)O)c2)cc1)Cc1ccc(C(=O)O)o1. The summed E-state index contributed by atoms with van der Waals surface area (Å²) in [5, 5.41) is 20.8. The highest BCUT2D eigenvalue weighted by Gasteiger charge is 2.29. The van der Waals surface area contributed by atoms with Crippen molar-refractivity contribution in [3.63, 3.8) is 0 Å². The predicted molar refractivity (Wildman–Crippen MR) is 160 cm³/mol. The number of hydrogen-bond acceptors (Lipinski definition) is 4. The molecular formula is C35H31NO6. The first kappa shape index (κ1) is 28.4. The van der Waals surface area contributed by atoms with Gasteiger partial charge >= 0.3 is 11.9 Å². The first-order chi connectivity index (χ1) is 20.0. The fourth-order valence-electron chi connectivity index (χ4n) is 5.02. The van der Waals surface area contributed by atoms with E-state index in [0.717, 1.165) is 33.0 Å². The summed E-state index contributed by atoms with van der Waals surface area (Å²) in [5.41, 5.74) is 3.80. The second-order valence-electron chi connectivity index (χ2n) is 10.9. The molecule has 0 radical (unpaired) electrons. The Morgan fingerprint density at radius 2 is 1.52 bits per heavy atom. The third-order valence-corrected chi connectivity index (χ3v) is 7.64. The van der Waals surface area contributed by atoms with Crippen LogP contribution in [-0.4, -0.2) is 33.0 Å². The molecular weight excluding hydrogens is 530 g/mol. The van der Waals surface area contributed by atoms with Crippen LogP contribution < -0.4 is 0 Å². The molecule has 0 atom stereocenters. The van der Waals surface area contributed by atoms with Gasteiger partial charge in [0.05, 0.1) is 17.5 Å². The minimum atomic E-state index is -1.17. The van der Waals surface area contributed by atoms with E-state index in [4.69, 9.17) is 4.42 Å². The van der Waals surface area contributed by atoms with E-state index in [9.17, 15) is 24.6 Å². The predicted octanol–water partition coefficient (Wildman–Crippen LogP) is 7.31. The van der Waals surface area contributed by atoms with E-state index in [0.29, 0.717) is 16.9 Å². The Morgan fingerprint density at radius 1 is 0.786 bits per heavy atom. The van der Waals surface area contributed by atoms with Crippen molar-refractivity contribution in [2.75, 3.05) is 0 Å². The van der Waals surface area contributed by atoms with Crippen LogP contribution in [0.3, 0.4) is 0 Å². The molecule has 0 saturated heterocycles.